The Hall–Kier alpha value is -1.49. The molecule has 1 heterocycles. The summed E-state index contributed by atoms with van der Waals surface area (Å²) in [5, 5.41) is 11.0. The summed E-state index contributed by atoms with van der Waals surface area (Å²) in [5.74, 6) is 0. The Morgan fingerprint density at radius 3 is 2.62 bits per heavy atom. The minimum absolute atomic E-state index is 0.0462. The van der Waals surface area contributed by atoms with Gasteiger partial charge < -0.3 is 5.73 Å². The van der Waals surface area contributed by atoms with E-state index in [0.717, 1.165) is 14.7 Å². The van der Waals surface area contributed by atoms with E-state index in [1.165, 1.54) is 23.5 Å². The van der Waals surface area contributed by atoms with Gasteiger partial charge in [-0.15, -0.1) is 11.3 Å². The summed E-state index contributed by atoms with van der Waals surface area (Å²) >= 11 is 4.64. The molecular formula is C11H10BrN3O4S2. The van der Waals surface area contributed by atoms with E-state index >= 15 is 0 Å². The van der Waals surface area contributed by atoms with Crippen LogP contribution in [0.5, 0.6) is 0 Å². The number of halogens is 1. The molecule has 21 heavy (non-hydrogen) atoms. The van der Waals surface area contributed by atoms with Gasteiger partial charge in [-0.05, 0) is 40.2 Å². The monoisotopic (exact) mass is 391 g/mol. The highest BCUT2D eigenvalue weighted by molar-refractivity contribution is 9.11. The van der Waals surface area contributed by atoms with Gasteiger partial charge in [0.05, 0.1) is 8.71 Å². The van der Waals surface area contributed by atoms with E-state index in [9.17, 15) is 18.5 Å². The number of benzene rings is 1. The van der Waals surface area contributed by atoms with Gasteiger partial charge in [0, 0.05) is 11.4 Å². The van der Waals surface area contributed by atoms with E-state index < -0.39 is 25.5 Å². The minimum Gasteiger partial charge on any atom is -0.393 e. The second-order valence-electron chi connectivity index (χ2n) is 3.98. The van der Waals surface area contributed by atoms with Gasteiger partial charge in [-0.3, -0.25) is 10.1 Å². The third-order valence-corrected chi connectivity index (χ3v) is 5.62. The average molecular weight is 392 g/mol. The number of para-hydroxylation sites is 1. The van der Waals surface area contributed by atoms with E-state index in [4.69, 9.17) is 5.73 Å². The zero-order valence-corrected chi connectivity index (χ0v) is 13.7. The van der Waals surface area contributed by atoms with Gasteiger partial charge >= 0.3 is 5.69 Å². The number of nitrogens with one attached hydrogen (secondary N) is 1. The predicted octanol–water partition coefficient (Wildman–Crippen LogP) is 2.48. The normalized spacial score (nSPS) is 11.5. The molecule has 0 aliphatic heterocycles. The van der Waals surface area contributed by atoms with Crippen LogP contribution in [0.15, 0.2) is 39.0 Å². The Balaban J connectivity index is 2.32. The van der Waals surface area contributed by atoms with Crippen molar-refractivity contribution >= 4 is 48.7 Å². The lowest BCUT2D eigenvalue weighted by molar-refractivity contribution is -0.386. The largest absolute Gasteiger partial charge is 0.393 e. The number of sulfonamides is 1. The van der Waals surface area contributed by atoms with Gasteiger partial charge in [-0.2, -0.15) is 0 Å². The highest BCUT2D eigenvalue weighted by Crippen LogP contribution is 2.30. The van der Waals surface area contributed by atoms with Crippen molar-refractivity contribution in [2.75, 3.05) is 5.73 Å². The molecule has 2 aromatic rings. The fraction of sp³-hybridized carbons (Fsp3) is 0.0909. The molecule has 7 nitrogen and oxygen atoms in total. The van der Waals surface area contributed by atoms with Crippen LogP contribution >= 0.6 is 27.3 Å². The lowest BCUT2D eigenvalue weighted by Crippen LogP contribution is -2.24. The van der Waals surface area contributed by atoms with Crippen LogP contribution in [0.4, 0.5) is 11.4 Å². The van der Waals surface area contributed by atoms with Crippen LogP contribution < -0.4 is 10.5 Å². The first-order chi connectivity index (χ1) is 9.81. The quantitative estimate of drug-likeness (QED) is 0.461. The number of nitrogen functional groups attached to an aromatic ring is 1. The average Bonchev–Trinajstić information content (AvgIpc) is 2.82. The number of nitro groups is 1. The molecule has 0 atom stereocenters. The molecule has 0 saturated carbocycles. The molecule has 0 bridgehead atoms. The van der Waals surface area contributed by atoms with Crippen molar-refractivity contribution in [1.29, 1.82) is 0 Å². The maximum atomic E-state index is 12.2. The van der Waals surface area contributed by atoms with Crippen LogP contribution in [0, 0.1) is 10.1 Å². The van der Waals surface area contributed by atoms with E-state index in [1.807, 2.05) is 0 Å². The van der Waals surface area contributed by atoms with Crippen molar-refractivity contribution in [3.8, 4) is 0 Å². The van der Waals surface area contributed by atoms with E-state index in [1.54, 1.807) is 12.1 Å². The molecule has 1 aromatic heterocycles. The van der Waals surface area contributed by atoms with E-state index in [-0.39, 0.29) is 12.2 Å². The summed E-state index contributed by atoms with van der Waals surface area (Å²) in [5.41, 5.74) is 4.69. The molecule has 0 aliphatic carbocycles. The highest BCUT2D eigenvalue weighted by Gasteiger charge is 2.27. The number of nitrogens with two attached hydrogens (primary N) is 1. The maximum Gasteiger partial charge on any atom is 0.312 e. The molecule has 0 unspecified atom stereocenters. The highest BCUT2D eigenvalue weighted by atomic mass is 79.9. The standard InChI is InChI=1S/C11H10BrN3O4S2/c12-10-5-4-7(20-10)6-14-21(18,19)9-3-1-2-8(13)11(9)15(16)17/h1-5,14H,6,13H2. The molecule has 0 spiro atoms. The number of anilines is 1. The Bertz CT molecular complexity index is 789. The molecule has 2 rings (SSSR count). The molecular weight excluding hydrogens is 382 g/mol. The van der Waals surface area contributed by atoms with Gasteiger partial charge in [0.1, 0.15) is 5.69 Å². The fourth-order valence-corrected chi connectivity index (χ4v) is 4.36. The van der Waals surface area contributed by atoms with Crippen LogP contribution in [0.25, 0.3) is 0 Å². The Morgan fingerprint density at radius 2 is 2.05 bits per heavy atom. The van der Waals surface area contributed by atoms with Crippen molar-refractivity contribution in [2.45, 2.75) is 11.4 Å². The van der Waals surface area contributed by atoms with Gasteiger partial charge in [-0.25, -0.2) is 13.1 Å². The van der Waals surface area contributed by atoms with Gasteiger partial charge in [-0.1, -0.05) is 6.07 Å². The van der Waals surface area contributed by atoms with Crippen LogP contribution in [0.2, 0.25) is 0 Å². The maximum absolute atomic E-state index is 12.2. The number of rotatable bonds is 5. The van der Waals surface area contributed by atoms with Crippen molar-refractivity contribution in [3.05, 3.63) is 49.1 Å². The molecule has 10 heteroatoms. The van der Waals surface area contributed by atoms with Crippen LogP contribution in [0.3, 0.4) is 0 Å². The van der Waals surface area contributed by atoms with Crippen molar-refractivity contribution in [3.63, 3.8) is 0 Å². The van der Waals surface area contributed by atoms with E-state index in [2.05, 4.69) is 20.7 Å². The van der Waals surface area contributed by atoms with Gasteiger partial charge in [0.25, 0.3) is 0 Å². The number of thiophene rings is 1. The lowest BCUT2D eigenvalue weighted by atomic mass is 10.3. The lowest BCUT2D eigenvalue weighted by Gasteiger charge is -2.07. The zero-order valence-electron chi connectivity index (χ0n) is 10.4. The second kappa shape index (κ2) is 6.10. The third kappa shape index (κ3) is 3.59. The Morgan fingerprint density at radius 1 is 1.33 bits per heavy atom. The second-order valence-corrected chi connectivity index (χ2v) is 8.26. The van der Waals surface area contributed by atoms with Crippen molar-refractivity contribution in [2.24, 2.45) is 0 Å². The smallest absolute Gasteiger partial charge is 0.312 e. The number of hydrogen-bond acceptors (Lipinski definition) is 6. The van der Waals surface area contributed by atoms with Crippen molar-refractivity contribution < 1.29 is 13.3 Å². The summed E-state index contributed by atoms with van der Waals surface area (Å²) in [6.07, 6.45) is 0. The topological polar surface area (TPSA) is 115 Å². The summed E-state index contributed by atoms with van der Waals surface area (Å²) in [4.78, 5) is 10.5. The first kappa shape index (κ1) is 15.9. The first-order valence-corrected chi connectivity index (χ1v) is 8.67. The molecule has 1 aromatic carbocycles. The van der Waals surface area contributed by atoms with E-state index in [0.29, 0.717) is 0 Å². The fourth-order valence-electron chi connectivity index (χ4n) is 1.64. The summed E-state index contributed by atoms with van der Waals surface area (Å²) in [6, 6.07) is 7.34. The molecule has 3 N–H and O–H groups in total. The van der Waals surface area contributed by atoms with Gasteiger partial charge in [0.2, 0.25) is 10.0 Å². The van der Waals surface area contributed by atoms with Crippen LogP contribution in [-0.4, -0.2) is 13.3 Å². The molecule has 0 amide bonds. The Labute approximate surface area is 133 Å². The molecule has 112 valence electrons. The third-order valence-electron chi connectivity index (χ3n) is 2.57. The SMILES string of the molecule is Nc1cccc(S(=O)(=O)NCc2ccc(Br)s2)c1[N+](=O)[O-]. The predicted molar refractivity (Wildman–Crippen MR) is 83.6 cm³/mol. The van der Waals surface area contributed by atoms with Crippen LogP contribution in [0.1, 0.15) is 4.88 Å². The van der Waals surface area contributed by atoms with Gasteiger partial charge in [0.15, 0.2) is 4.90 Å². The number of nitrogens with zero attached hydrogens (tertiary/aromatic N) is 1. The Kier molecular flexibility index (Phi) is 4.61. The summed E-state index contributed by atoms with van der Waals surface area (Å²) in [6.45, 7) is 0.0462. The molecule has 0 radical (unpaired) electrons. The van der Waals surface area contributed by atoms with Crippen molar-refractivity contribution in [1.82, 2.24) is 4.72 Å². The summed E-state index contributed by atoms with van der Waals surface area (Å²) in [7, 11) is -4.03. The minimum atomic E-state index is -4.03. The zero-order chi connectivity index (χ0) is 15.6. The summed E-state index contributed by atoms with van der Waals surface area (Å²) < 4.78 is 27.6. The molecule has 0 aliphatic rings. The first-order valence-electron chi connectivity index (χ1n) is 5.58. The number of hydrogen-bond donors (Lipinski definition) is 2. The molecule has 0 saturated heterocycles. The number of nitro benzene ring substituents is 1. The van der Waals surface area contributed by atoms with Crippen LogP contribution in [-0.2, 0) is 16.6 Å². The molecule has 0 fully saturated rings.